The second kappa shape index (κ2) is 3.86. The number of rotatable bonds is 2. The quantitative estimate of drug-likeness (QED) is 0.672. The number of carbonyl (C=O) groups is 1. The highest BCUT2D eigenvalue weighted by molar-refractivity contribution is 5.90. The summed E-state index contributed by atoms with van der Waals surface area (Å²) in [7, 11) is 0. The molecule has 1 saturated carbocycles. The van der Waals surface area contributed by atoms with Crippen molar-refractivity contribution in [1.82, 2.24) is 9.97 Å². The molecule has 0 spiro atoms. The van der Waals surface area contributed by atoms with Crippen LogP contribution in [-0.2, 0) is 0 Å². The molecule has 1 aliphatic rings. The Bertz CT molecular complexity index is 326. The van der Waals surface area contributed by atoms with E-state index in [2.05, 4.69) is 9.97 Å². The molecule has 1 aromatic heterocycles. The molecule has 0 unspecified atom stereocenters. The highest BCUT2D eigenvalue weighted by atomic mass is 16.1. The molecule has 1 fully saturated rings. The van der Waals surface area contributed by atoms with E-state index in [4.69, 9.17) is 0 Å². The number of hydrogen-bond donors (Lipinski definition) is 0. The molecule has 0 aliphatic heterocycles. The van der Waals surface area contributed by atoms with E-state index in [-0.39, 0.29) is 5.78 Å². The molecule has 1 aliphatic carbocycles. The van der Waals surface area contributed by atoms with Gasteiger partial charge in [-0.3, -0.25) is 4.79 Å². The van der Waals surface area contributed by atoms with E-state index in [1.165, 1.54) is 38.2 Å². The van der Waals surface area contributed by atoms with Crippen molar-refractivity contribution >= 4 is 5.78 Å². The summed E-state index contributed by atoms with van der Waals surface area (Å²) in [5.41, 5.74) is 1.19. The van der Waals surface area contributed by atoms with E-state index in [0.717, 1.165) is 0 Å². The summed E-state index contributed by atoms with van der Waals surface area (Å²) in [5.74, 6) is 0.880. The van der Waals surface area contributed by atoms with Gasteiger partial charge < -0.3 is 0 Å². The number of Topliss-reactive ketones (excluding diaryl/α,β-unsaturated/α-hetero) is 1. The zero-order chi connectivity index (χ0) is 9.97. The van der Waals surface area contributed by atoms with Crippen LogP contribution >= 0.6 is 0 Å². The van der Waals surface area contributed by atoms with Crippen LogP contribution in [0, 0.1) is 0 Å². The van der Waals surface area contributed by atoms with Gasteiger partial charge in [-0.15, -0.1) is 0 Å². The third kappa shape index (κ3) is 1.81. The Labute approximate surface area is 83.6 Å². The maximum Gasteiger partial charge on any atom is 0.196 e. The van der Waals surface area contributed by atoms with Gasteiger partial charge in [-0.1, -0.05) is 12.8 Å². The average Bonchev–Trinajstić information content (AvgIpc) is 2.71. The minimum Gasteiger partial charge on any atom is -0.291 e. The molecule has 0 N–H and O–H groups in total. The van der Waals surface area contributed by atoms with Crippen molar-refractivity contribution < 1.29 is 4.79 Å². The number of aromatic nitrogens is 2. The maximum atomic E-state index is 11.0. The molecule has 1 heterocycles. The Morgan fingerprint density at radius 2 is 1.86 bits per heavy atom. The minimum absolute atomic E-state index is 0.0667. The summed E-state index contributed by atoms with van der Waals surface area (Å²) in [4.78, 5) is 19.1. The molecular weight excluding hydrogens is 176 g/mol. The van der Waals surface area contributed by atoms with Gasteiger partial charge in [0.1, 0.15) is 0 Å². The van der Waals surface area contributed by atoms with Crippen LogP contribution in [-0.4, -0.2) is 15.8 Å². The molecular formula is C11H14N2O. The first-order valence-electron chi connectivity index (χ1n) is 5.10. The van der Waals surface area contributed by atoms with Gasteiger partial charge in [0, 0.05) is 19.3 Å². The van der Waals surface area contributed by atoms with Crippen LogP contribution in [0.25, 0.3) is 0 Å². The average molecular weight is 190 g/mol. The number of nitrogens with zero attached hydrogens (tertiary/aromatic N) is 2. The Morgan fingerprint density at radius 1 is 1.29 bits per heavy atom. The Balaban J connectivity index is 2.16. The minimum atomic E-state index is -0.0667. The summed E-state index contributed by atoms with van der Waals surface area (Å²) in [6.07, 6.45) is 8.70. The van der Waals surface area contributed by atoms with Gasteiger partial charge in [0.15, 0.2) is 11.6 Å². The van der Waals surface area contributed by atoms with Gasteiger partial charge >= 0.3 is 0 Å². The van der Waals surface area contributed by atoms with Crippen LogP contribution in [0.15, 0.2) is 12.4 Å². The monoisotopic (exact) mass is 190 g/mol. The first kappa shape index (κ1) is 9.31. The van der Waals surface area contributed by atoms with Gasteiger partial charge in [0.2, 0.25) is 0 Å². The van der Waals surface area contributed by atoms with Crippen molar-refractivity contribution in [2.75, 3.05) is 0 Å². The second-order valence-corrected chi connectivity index (χ2v) is 3.88. The Hall–Kier alpha value is -1.25. The van der Waals surface area contributed by atoms with E-state index >= 15 is 0 Å². The zero-order valence-corrected chi connectivity index (χ0v) is 8.36. The summed E-state index contributed by atoms with van der Waals surface area (Å²) < 4.78 is 0. The van der Waals surface area contributed by atoms with Crippen LogP contribution in [0.4, 0.5) is 0 Å². The lowest BCUT2D eigenvalue weighted by Crippen LogP contribution is -2.03. The fourth-order valence-electron chi connectivity index (χ4n) is 1.99. The Morgan fingerprint density at radius 3 is 2.36 bits per heavy atom. The first-order chi connectivity index (χ1) is 6.77. The standard InChI is InChI=1S/C11H14N2O/c1-8(14)11-12-6-10(7-13-11)9-4-2-3-5-9/h6-7,9H,2-5H2,1H3. The molecule has 1 aromatic rings. The molecule has 74 valence electrons. The fourth-order valence-corrected chi connectivity index (χ4v) is 1.99. The predicted octanol–water partition coefficient (Wildman–Crippen LogP) is 2.34. The van der Waals surface area contributed by atoms with Crippen molar-refractivity contribution in [3.63, 3.8) is 0 Å². The van der Waals surface area contributed by atoms with Gasteiger partial charge in [-0.05, 0) is 24.3 Å². The third-order valence-corrected chi connectivity index (χ3v) is 2.81. The SMILES string of the molecule is CC(=O)c1ncc(C2CCCC2)cn1. The van der Waals surface area contributed by atoms with Crippen molar-refractivity contribution in [2.45, 2.75) is 38.5 Å². The van der Waals surface area contributed by atoms with Crippen molar-refractivity contribution in [3.8, 4) is 0 Å². The van der Waals surface area contributed by atoms with Crippen molar-refractivity contribution in [1.29, 1.82) is 0 Å². The molecule has 0 aromatic carbocycles. The predicted molar refractivity (Wildman–Crippen MR) is 53.2 cm³/mol. The van der Waals surface area contributed by atoms with Gasteiger partial charge in [-0.2, -0.15) is 0 Å². The van der Waals surface area contributed by atoms with E-state index < -0.39 is 0 Å². The lowest BCUT2D eigenvalue weighted by molar-refractivity contribution is 0.100. The topological polar surface area (TPSA) is 42.9 Å². The largest absolute Gasteiger partial charge is 0.291 e. The van der Waals surface area contributed by atoms with E-state index in [1.54, 1.807) is 12.4 Å². The molecule has 2 rings (SSSR count). The van der Waals surface area contributed by atoms with Crippen LogP contribution in [0.3, 0.4) is 0 Å². The summed E-state index contributed by atoms with van der Waals surface area (Å²) >= 11 is 0. The molecule has 0 saturated heterocycles. The molecule has 14 heavy (non-hydrogen) atoms. The number of carbonyl (C=O) groups excluding carboxylic acids is 1. The van der Waals surface area contributed by atoms with Crippen LogP contribution < -0.4 is 0 Å². The van der Waals surface area contributed by atoms with Crippen LogP contribution in [0.2, 0.25) is 0 Å². The molecule has 0 atom stereocenters. The highest BCUT2D eigenvalue weighted by Crippen LogP contribution is 2.33. The third-order valence-electron chi connectivity index (χ3n) is 2.81. The van der Waals surface area contributed by atoms with Gasteiger partial charge in [0.05, 0.1) is 0 Å². The van der Waals surface area contributed by atoms with Crippen LogP contribution in [0.1, 0.15) is 54.7 Å². The smallest absolute Gasteiger partial charge is 0.196 e. The lowest BCUT2D eigenvalue weighted by atomic mass is 10.0. The van der Waals surface area contributed by atoms with E-state index in [1.807, 2.05) is 0 Å². The van der Waals surface area contributed by atoms with Gasteiger partial charge in [0.25, 0.3) is 0 Å². The van der Waals surface area contributed by atoms with E-state index in [0.29, 0.717) is 11.7 Å². The molecule has 0 amide bonds. The van der Waals surface area contributed by atoms with Crippen molar-refractivity contribution in [3.05, 3.63) is 23.8 Å². The summed E-state index contributed by atoms with van der Waals surface area (Å²) in [6.45, 7) is 1.49. The number of ketones is 1. The van der Waals surface area contributed by atoms with E-state index in [9.17, 15) is 4.79 Å². The second-order valence-electron chi connectivity index (χ2n) is 3.88. The Kier molecular flexibility index (Phi) is 2.57. The van der Waals surface area contributed by atoms with Gasteiger partial charge in [-0.25, -0.2) is 9.97 Å². The van der Waals surface area contributed by atoms with Crippen LogP contribution in [0.5, 0.6) is 0 Å². The normalized spacial score (nSPS) is 17.2. The lowest BCUT2D eigenvalue weighted by Gasteiger charge is -2.07. The maximum absolute atomic E-state index is 11.0. The summed E-state index contributed by atoms with van der Waals surface area (Å²) in [6, 6.07) is 0. The zero-order valence-electron chi connectivity index (χ0n) is 8.36. The first-order valence-corrected chi connectivity index (χ1v) is 5.10. The fraction of sp³-hybridized carbons (Fsp3) is 0.545. The molecule has 3 nitrogen and oxygen atoms in total. The molecule has 3 heteroatoms. The highest BCUT2D eigenvalue weighted by Gasteiger charge is 2.17. The summed E-state index contributed by atoms with van der Waals surface area (Å²) in [5, 5.41) is 0. The van der Waals surface area contributed by atoms with Crippen molar-refractivity contribution in [2.24, 2.45) is 0 Å². The molecule has 0 bridgehead atoms. The number of hydrogen-bond acceptors (Lipinski definition) is 3. The molecule has 0 radical (unpaired) electrons.